The standard InChI is InChI=1S/C21H23ClN2O2/c1-24(2)11-6-12-25-23-20-17-13-16(22)9-10-19(17)26-21(14-18(20)21)15-7-4-3-5-8-15/h3-5,7-10,13,18H,6,11-12,14H2,1-2H3. The minimum absolute atomic E-state index is 0.199. The maximum absolute atomic E-state index is 6.42. The van der Waals surface area contributed by atoms with Crippen molar-refractivity contribution in [2.45, 2.75) is 18.4 Å². The van der Waals surface area contributed by atoms with E-state index in [9.17, 15) is 0 Å². The second-order valence-corrected chi connectivity index (χ2v) is 7.66. The second-order valence-electron chi connectivity index (χ2n) is 7.22. The highest BCUT2D eigenvalue weighted by atomic mass is 35.5. The summed E-state index contributed by atoms with van der Waals surface area (Å²) in [5, 5.41) is 5.20. The number of halogens is 1. The van der Waals surface area contributed by atoms with Gasteiger partial charge in [0.1, 0.15) is 18.0 Å². The summed E-state index contributed by atoms with van der Waals surface area (Å²) in [5.41, 5.74) is 2.75. The lowest BCUT2D eigenvalue weighted by Crippen LogP contribution is -2.28. The van der Waals surface area contributed by atoms with Crippen LogP contribution in [0.3, 0.4) is 0 Å². The highest BCUT2D eigenvalue weighted by Crippen LogP contribution is 2.60. The first kappa shape index (κ1) is 17.4. The molecule has 2 aromatic carbocycles. The molecule has 0 bridgehead atoms. The zero-order valence-electron chi connectivity index (χ0n) is 15.1. The molecule has 0 amide bonds. The average molecular weight is 371 g/mol. The van der Waals surface area contributed by atoms with Gasteiger partial charge in [-0.15, -0.1) is 0 Å². The maximum Gasteiger partial charge on any atom is 0.143 e. The van der Waals surface area contributed by atoms with Gasteiger partial charge in [0.05, 0.1) is 11.6 Å². The molecule has 0 saturated heterocycles. The molecule has 26 heavy (non-hydrogen) atoms. The van der Waals surface area contributed by atoms with Gasteiger partial charge in [-0.1, -0.05) is 47.1 Å². The molecule has 1 aliphatic carbocycles. The maximum atomic E-state index is 6.42. The van der Waals surface area contributed by atoms with Crippen molar-refractivity contribution in [3.63, 3.8) is 0 Å². The van der Waals surface area contributed by atoms with Crippen LogP contribution in [-0.4, -0.2) is 37.9 Å². The van der Waals surface area contributed by atoms with E-state index in [1.165, 1.54) is 5.56 Å². The summed E-state index contributed by atoms with van der Waals surface area (Å²) in [7, 11) is 4.11. The van der Waals surface area contributed by atoms with Crippen LogP contribution in [0.25, 0.3) is 0 Å². The number of oxime groups is 1. The summed E-state index contributed by atoms with van der Waals surface area (Å²) in [5.74, 6) is 1.02. The minimum atomic E-state index is -0.325. The largest absolute Gasteiger partial charge is 0.481 e. The Balaban J connectivity index is 1.61. The number of fused-ring (bicyclic) bond motifs is 2. The van der Waals surface area contributed by atoms with E-state index in [-0.39, 0.29) is 11.5 Å². The second kappa shape index (κ2) is 6.93. The van der Waals surface area contributed by atoms with Gasteiger partial charge in [0.25, 0.3) is 0 Å². The number of hydrogen-bond acceptors (Lipinski definition) is 4. The molecule has 1 heterocycles. The Bertz CT molecular complexity index is 822. The van der Waals surface area contributed by atoms with E-state index in [0.717, 1.165) is 36.4 Å². The van der Waals surface area contributed by atoms with Crippen molar-refractivity contribution < 1.29 is 9.57 Å². The van der Waals surface area contributed by atoms with Gasteiger partial charge in [-0.05, 0) is 44.3 Å². The number of rotatable bonds is 6. The molecular formula is C21H23ClN2O2. The molecule has 136 valence electrons. The Labute approximate surface area is 159 Å². The zero-order valence-corrected chi connectivity index (χ0v) is 15.9. The van der Waals surface area contributed by atoms with Gasteiger partial charge >= 0.3 is 0 Å². The predicted molar refractivity (Wildman–Crippen MR) is 104 cm³/mol. The highest BCUT2D eigenvalue weighted by molar-refractivity contribution is 6.31. The summed E-state index contributed by atoms with van der Waals surface area (Å²) < 4.78 is 6.42. The Kier molecular flexibility index (Phi) is 4.63. The summed E-state index contributed by atoms with van der Waals surface area (Å²) in [4.78, 5) is 7.80. The van der Waals surface area contributed by atoms with Crippen molar-refractivity contribution in [1.82, 2.24) is 4.90 Å². The van der Waals surface area contributed by atoms with E-state index >= 15 is 0 Å². The van der Waals surface area contributed by atoms with Gasteiger partial charge < -0.3 is 14.5 Å². The predicted octanol–water partition coefficient (Wildman–Crippen LogP) is 4.32. The first-order valence-corrected chi connectivity index (χ1v) is 9.37. The molecule has 4 rings (SSSR count). The molecule has 1 aliphatic heterocycles. The highest BCUT2D eigenvalue weighted by Gasteiger charge is 2.64. The average Bonchev–Trinajstić information content (AvgIpc) is 3.37. The van der Waals surface area contributed by atoms with Gasteiger partial charge in [0, 0.05) is 23.6 Å². The Morgan fingerprint density at radius 3 is 2.81 bits per heavy atom. The van der Waals surface area contributed by atoms with Gasteiger partial charge in [-0.3, -0.25) is 0 Å². The molecule has 5 heteroatoms. The first-order chi connectivity index (χ1) is 12.6. The van der Waals surface area contributed by atoms with Crippen molar-refractivity contribution in [2.24, 2.45) is 11.1 Å². The molecule has 0 aromatic heterocycles. The van der Waals surface area contributed by atoms with Crippen molar-refractivity contribution in [2.75, 3.05) is 27.2 Å². The summed E-state index contributed by atoms with van der Waals surface area (Å²) >= 11 is 6.22. The van der Waals surface area contributed by atoms with E-state index in [4.69, 9.17) is 21.2 Å². The molecule has 0 radical (unpaired) electrons. The van der Waals surface area contributed by atoms with E-state index < -0.39 is 0 Å². The number of benzene rings is 2. The van der Waals surface area contributed by atoms with Crippen LogP contribution in [-0.2, 0) is 10.4 Å². The van der Waals surface area contributed by atoms with Crippen LogP contribution < -0.4 is 4.74 Å². The third kappa shape index (κ3) is 3.19. The molecule has 4 nitrogen and oxygen atoms in total. The third-order valence-electron chi connectivity index (χ3n) is 5.02. The van der Waals surface area contributed by atoms with Crippen molar-refractivity contribution in [3.8, 4) is 5.75 Å². The van der Waals surface area contributed by atoms with Gasteiger partial charge in [-0.25, -0.2) is 0 Å². The lowest BCUT2D eigenvalue weighted by atomic mass is 9.96. The van der Waals surface area contributed by atoms with E-state index in [0.29, 0.717) is 11.6 Å². The van der Waals surface area contributed by atoms with Crippen LogP contribution in [0.5, 0.6) is 5.75 Å². The Morgan fingerprint density at radius 1 is 1.23 bits per heavy atom. The van der Waals surface area contributed by atoms with E-state index in [1.54, 1.807) is 0 Å². The lowest BCUT2D eigenvalue weighted by Gasteiger charge is -2.27. The van der Waals surface area contributed by atoms with Crippen LogP contribution in [0.4, 0.5) is 0 Å². The molecule has 0 spiro atoms. The molecule has 1 fully saturated rings. The molecule has 1 saturated carbocycles. The first-order valence-electron chi connectivity index (χ1n) is 8.99. The van der Waals surface area contributed by atoms with Gasteiger partial charge in [0.2, 0.25) is 0 Å². The van der Waals surface area contributed by atoms with E-state index in [1.807, 2.05) is 24.3 Å². The quantitative estimate of drug-likeness (QED) is 0.561. The van der Waals surface area contributed by atoms with Crippen LogP contribution >= 0.6 is 11.6 Å². The number of hydrogen-bond donors (Lipinski definition) is 0. The van der Waals surface area contributed by atoms with Crippen molar-refractivity contribution in [1.29, 1.82) is 0 Å². The normalized spacial score (nSPS) is 24.8. The fourth-order valence-corrected chi connectivity index (χ4v) is 3.79. The third-order valence-corrected chi connectivity index (χ3v) is 5.25. The van der Waals surface area contributed by atoms with Crippen LogP contribution in [0.1, 0.15) is 24.0 Å². The fraction of sp³-hybridized carbons (Fsp3) is 0.381. The van der Waals surface area contributed by atoms with Gasteiger partial charge in [0.15, 0.2) is 0 Å². The zero-order chi connectivity index (χ0) is 18.1. The topological polar surface area (TPSA) is 34.1 Å². The van der Waals surface area contributed by atoms with Crippen LogP contribution in [0.2, 0.25) is 5.02 Å². The van der Waals surface area contributed by atoms with Crippen molar-refractivity contribution in [3.05, 3.63) is 64.7 Å². The Morgan fingerprint density at radius 2 is 2.04 bits per heavy atom. The number of nitrogens with zero attached hydrogens (tertiary/aromatic N) is 2. The van der Waals surface area contributed by atoms with Gasteiger partial charge in [-0.2, -0.15) is 0 Å². The van der Waals surface area contributed by atoms with Crippen LogP contribution in [0.15, 0.2) is 53.7 Å². The summed E-state index contributed by atoms with van der Waals surface area (Å²) in [6.07, 6.45) is 1.85. The van der Waals surface area contributed by atoms with Crippen LogP contribution in [0, 0.1) is 5.92 Å². The molecule has 2 unspecified atom stereocenters. The lowest BCUT2D eigenvalue weighted by molar-refractivity contribution is 0.129. The van der Waals surface area contributed by atoms with E-state index in [2.05, 4.69) is 48.4 Å². The fourth-order valence-electron chi connectivity index (χ4n) is 3.62. The van der Waals surface area contributed by atoms with Crippen molar-refractivity contribution >= 4 is 17.3 Å². The SMILES string of the molecule is CN(C)CCCON=C1c2cc(Cl)ccc2OC2(c3ccccc3)CC12. The molecular weight excluding hydrogens is 348 g/mol. The molecule has 0 N–H and O–H groups in total. The molecule has 2 aromatic rings. The minimum Gasteiger partial charge on any atom is -0.481 e. The Hall–Kier alpha value is -2.04. The summed E-state index contributed by atoms with van der Waals surface area (Å²) in [6.45, 7) is 1.58. The molecule has 2 aliphatic rings. The number of ether oxygens (including phenoxy) is 1. The molecule has 2 atom stereocenters. The summed E-state index contributed by atoms with van der Waals surface area (Å²) in [6, 6.07) is 16.1. The smallest absolute Gasteiger partial charge is 0.143 e. The monoisotopic (exact) mass is 370 g/mol.